The molecule has 1 heterocycles. The van der Waals surface area contributed by atoms with E-state index in [-0.39, 0.29) is 5.91 Å². The Balaban J connectivity index is 1.83. The Morgan fingerprint density at radius 3 is 2.15 bits per heavy atom. The summed E-state index contributed by atoms with van der Waals surface area (Å²) in [6, 6.07) is 24.3. The molecule has 0 fully saturated rings. The number of carbonyl (C=O) groups excluding carboxylic acids is 1. The largest absolute Gasteiger partial charge is 0.281 e. The minimum atomic E-state index is -0.189. The van der Waals surface area contributed by atoms with E-state index in [4.69, 9.17) is 23.2 Å². The van der Waals surface area contributed by atoms with Gasteiger partial charge in [0.05, 0.1) is 21.3 Å². The summed E-state index contributed by atoms with van der Waals surface area (Å²) in [7, 11) is 0. The van der Waals surface area contributed by atoms with Gasteiger partial charge in [-0.15, -0.1) is 0 Å². The zero-order chi connectivity index (χ0) is 18.8. The van der Waals surface area contributed by atoms with Gasteiger partial charge in [0.25, 0.3) is 5.91 Å². The minimum absolute atomic E-state index is 0.189. The van der Waals surface area contributed by atoms with Crippen LogP contribution in [0.3, 0.4) is 0 Å². The first-order chi connectivity index (χ1) is 13.1. The number of halogens is 2. The van der Waals surface area contributed by atoms with Gasteiger partial charge in [0.2, 0.25) is 0 Å². The standard InChI is InChI=1S/C22H14Cl2N2O/c23-19-12-11-15(14-20(19)24)13-18-21(16-7-3-1-4-8-16)25-26(22(18)27)17-9-5-2-6-10-17/h1-14H. The Kier molecular flexibility index (Phi) is 4.80. The van der Waals surface area contributed by atoms with Gasteiger partial charge in [0.1, 0.15) is 5.71 Å². The van der Waals surface area contributed by atoms with Crippen molar-refractivity contribution >= 4 is 46.6 Å². The SMILES string of the molecule is O=C1C(=Cc2ccc(Cl)c(Cl)c2)C(c2ccccc2)=NN1c1ccccc1. The summed E-state index contributed by atoms with van der Waals surface area (Å²) in [6.45, 7) is 0. The van der Waals surface area contributed by atoms with Crippen LogP contribution >= 0.6 is 23.2 Å². The van der Waals surface area contributed by atoms with E-state index < -0.39 is 0 Å². The van der Waals surface area contributed by atoms with Gasteiger partial charge in [-0.2, -0.15) is 10.1 Å². The van der Waals surface area contributed by atoms with Gasteiger partial charge >= 0.3 is 0 Å². The summed E-state index contributed by atoms with van der Waals surface area (Å²) in [4.78, 5) is 13.1. The van der Waals surface area contributed by atoms with Crippen molar-refractivity contribution in [2.24, 2.45) is 5.10 Å². The van der Waals surface area contributed by atoms with E-state index in [2.05, 4.69) is 5.10 Å². The van der Waals surface area contributed by atoms with E-state index in [9.17, 15) is 4.79 Å². The number of hydrogen-bond acceptors (Lipinski definition) is 2. The Hall–Kier alpha value is -2.88. The number of amides is 1. The van der Waals surface area contributed by atoms with E-state index in [0.29, 0.717) is 27.0 Å². The van der Waals surface area contributed by atoms with Crippen LogP contribution in [-0.4, -0.2) is 11.6 Å². The van der Waals surface area contributed by atoms with Gasteiger partial charge in [-0.25, -0.2) is 0 Å². The number of rotatable bonds is 3. The van der Waals surface area contributed by atoms with Crippen LogP contribution in [0, 0.1) is 0 Å². The molecule has 1 amide bonds. The topological polar surface area (TPSA) is 32.7 Å². The highest BCUT2D eigenvalue weighted by atomic mass is 35.5. The van der Waals surface area contributed by atoms with Crippen LogP contribution < -0.4 is 5.01 Å². The van der Waals surface area contributed by atoms with E-state index in [1.807, 2.05) is 66.7 Å². The smallest absolute Gasteiger partial charge is 0.267 e. The summed E-state index contributed by atoms with van der Waals surface area (Å²) in [5, 5.41) is 6.93. The second-order valence-corrected chi connectivity index (χ2v) is 6.81. The number of anilines is 1. The zero-order valence-electron chi connectivity index (χ0n) is 14.1. The molecule has 0 N–H and O–H groups in total. The van der Waals surface area contributed by atoms with Crippen molar-refractivity contribution < 1.29 is 4.79 Å². The third kappa shape index (κ3) is 3.52. The minimum Gasteiger partial charge on any atom is -0.267 e. The number of carbonyl (C=O) groups is 1. The quantitative estimate of drug-likeness (QED) is 0.516. The molecule has 0 saturated heterocycles. The molecule has 0 spiro atoms. The molecule has 0 aliphatic carbocycles. The molecular formula is C22H14Cl2N2O. The van der Waals surface area contributed by atoms with Crippen LogP contribution in [0.1, 0.15) is 11.1 Å². The molecular weight excluding hydrogens is 379 g/mol. The Morgan fingerprint density at radius 1 is 0.815 bits per heavy atom. The summed E-state index contributed by atoms with van der Waals surface area (Å²) >= 11 is 12.1. The van der Waals surface area contributed by atoms with Gasteiger partial charge in [-0.3, -0.25) is 4.79 Å². The van der Waals surface area contributed by atoms with Gasteiger partial charge in [0, 0.05) is 5.56 Å². The zero-order valence-corrected chi connectivity index (χ0v) is 15.7. The maximum absolute atomic E-state index is 13.1. The maximum atomic E-state index is 13.1. The number of hydrogen-bond donors (Lipinski definition) is 0. The molecule has 132 valence electrons. The van der Waals surface area contributed by atoms with Crippen molar-refractivity contribution in [1.82, 2.24) is 0 Å². The molecule has 1 aliphatic heterocycles. The van der Waals surface area contributed by atoms with Crippen molar-refractivity contribution in [3.8, 4) is 0 Å². The van der Waals surface area contributed by atoms with Crippen LogP contribution in [0.4, 0.5) is 5.69 Å². The van der Waals surface area contributed by atoms with Crippen LogP contribution in [0.5, 0.6) is 0 Å². The summed E-state index contributed by atoms with van der Waals surface area (Å²) in [5.74, 6) is -0.189. The van der Waals surface area contributed by atoms with Crippen molar-refractivity contribution in [2.45, 2.75) is 0 Å². The third-order valence-electron chi connectivity index (χ3n) is 4.18. The monoisotopic (exact) mass is 392 g/mol. The van der Waals surface area contributed by atoms with Crippen LogP contribution in [-0.2, 0) is 4.79 Å². The van der Waals surface area contributed by atoms with Crippen LogP contribution in [0.25, 0.3) is 6.08 Å². The molecule has 0 unspecified atom stereocenters. The summed E-state index contributed by atoms with van der Waals surface area (Å²) in [6.07, 6.45) is 1.79. The highest BCUT2D eigenvalue weighted by molar-refractivity contribution is 6.42. The van der Waals surface area contributed by atoms with E-state index in [1.54, 1.807) is 18.2 Å². The lowest BCUT2D eigenvalue weighted by Crippen LogP contribution is -2.21. The lowest BCUT2D eigenvalue weighted by atomic mass is 10.0. The number of hydrazone groups is 1. The highest BCUT2D eigenvalue weighted by Crippen LogP contribution is 2.29. The van der Waals surface area contributed by atoms with Gasteiger partial charge in [-0.05, 0) is 35.9 Å². The van der Waals surface area contributed by atoms with Gasteiger partial charge in [0.15, 0.2) is 0 Å². The number of para-hydroxylation sites is 1. The molecule has 3 aromatic carbocycles. The van der Waals surface area contributed by atoms with Gasteiger partial charge < -0.3 is 0 Å². The second kappa shape index (κ2) is 7.39. The number of benzene rings is 3. The average molecular weight is 393 g/mol. The van der Waals surface area contributed by atoms with Crippen molar-refractivity contribution in [3.05, 3.63) is 106 Å². The van der Waals surface area contributed by atoms with Crippen molar-refractivity contribution in [2.75, 3.05) is 5.01 Å². The maximum Gasteiger partial charge on any atom is 0.281 e. The second-order valence-electron chi connectivity index (χ2n) is 6.00. The molecule has 1 aliphatic rings. The Morgan fingerprint density at radius 2 is 1.48 bits per heavy atom. The lowest BCUT2D eigenvalue weighted by Gasteiger charge is -2.10. The first-order valence-corrected chi connectivity index (χ1v) is 9.10. The molecule has 0 aromatic heterocycles. The van der Waals surface area contributed by atoms with E-state index in [0.717, 1.165) is 11.1 Å². The molecule has 3 aromatic rings. The van der Waals surface area contributed by atoms with Crippen molar-refractivity contribution in [3.63, 3.8) is 0 Å². The fourth-order valence-corrected chi connectivity index (χ4v) is 3.17. The molecule has 0 saturated carbocycles. The Labute approximate surface area is 167 Å². The van der Waals surface area contributed by atoms with Crippen LogP contribution in [0.2, 0.25) is 10.0 Å². The normalized spacial score (nSPS) is 15.3. The average Bonchev–Trinajstić information content (AvgIpc) is 3.02. The van der Waals surface area contributed by atoms with E-state index >= 15 is 0 Å². The fraction of sp³-hybridized carbons (Fsp3) is 0. The molecule has 0 bridgehead atoms. The fourth-order valence-electron chi connectivity index (χ4n) is 2.87. The van der Waals surface area contributed by atoms with Crippen molar-refractivity contribution in [1.29, 1.82) is 0 Å². The van der Waals surface area contributed by atoms with Crippen LogP contribution in [0.15, 0.2) is 89.5 Å². The summed E-state index contributed by atoms with van der Waals surface area (Å²) < 4.78 is 0. The molecule has 4 rings (SSSR count). The predicted molar refractivity (Wildman–Crippen MR) is 111 cm³/mol. The lowest BCUT2D eigenvalue weighted by molar-refractivity contribution is -0.114. The molecule has 0 radical (unpaired) electrons. The molecule has 5 heteroatoms. The Bertz CT molecular complexity index is 1060. The third-order valence-corrected chi connectivity index (χ3v) is 4.92. The number of nitrogens with zero attached hydrogens (tertiary/aromatic N) is 2. The summed E-state index contributed by atoms with van der Waals surface area (Å²) in [5.41, 5.74) is 3.49. The van der Waals surface area contributed by atoms with E-state index in [1.165, 1.54) is 5.01 Å². The first kappa shape index (κ1) is 17.5. The predicted octanol–water partition coefficient (Wildman–Crippen LogP) is 5.83. The first-order valence-electron chi connectivity index (χ1n) is 8.34. The molecule has 27 heavy (non-hydrogen) atoms. The molecule has 3 nitrogen and oxygen atoms in total. The molecule has 0 atom stereocenters. The highest BCUT2D eigenvalue weighted by Gasteiger charge is 2.31. The van der Waals surface area contributed by atoms with Gasteiger partial charge in [-0.1, -0.05) is 77.8 Å².